The molecule has 4 aromatic carbocycles. The number of oxazole rings is 4. The molecular weight excluding hydrogens is 1940 g/mol. The number of halogens is 10. The number of nitrogens with one attached hydrogen (secondary N) is 2. The highest BCUT2D eigenvalue weighted by Crippen LogP contribution is 2.74. The predicted octanol–water partition coefficient (Wildman–Crippen LogP) is 21.2. The van der Waals surface area contributed by atoms with Gasteiger partial charge >= 0.3 is 0 Å². The van der Waals surface area contributed by atoms with Gasteiger partial charge in [0.15, 0.2) is 0 Å². The van der Waals surface area contributed by atoms with Crippen LogP contribution in [0.3, 0.4) is 0 Å². The first-order chi connectivity index (χ1) is 70.6. The Morgan fingerprint density at radius 3 is 0.919 bits per heavy atom. The number of alkyl halides is 2. The van der Waals surface area contributed by atoms with Gasteiger partial charge in [-0.25, -0.2) is 88.5 Å². The van der Waals surface area contributed by atoms with Crippen LogP contribution in [-0.2, 0) is 61.0 Å². The maximum atomic E-state index is 14.5. The zero-order chi connectivity index (χ0) is 104. The monoisotopic (exact) mass is 2030 g/mol. The molecule has 39 heteroatoms. The zero-order valence-corrected chi connectivity index (χ0v) is 83.5. The van der Waals surface area contributed by atoms with E-state index in [0.29, 0.717) is 76.4 Å². The Hall–Kier alpha value is -14.4. The molecule has 4 saturated carbocycles. The Morgan fingerprint density at radius 2 is 0.649 bits per heavy atom. The Balaban J connectivity index is 0.000000112. The highest BCUT2D eigenvalue weighted by Gasteiger charge is 2.70. The van der Waals surface area contributed by atoms with Gasteiger partial charge in [0.25, 0.3) is 5.92 Å². The molecule has 13 heterocycles. The van der Waals surface area contributed by atoms with E-state index in [1.807, 2.05) is 6.92 Å². The van der Waals surface area contributed by atoms with E-state index in [1.54, 1.807) is 80.2 Å². The summed E-state index contributed by atoms with van der Waals surface area (Å²) in [5, 5.41) is 38.1. The van der Waals surface area contributed by atoms with Crippen LogP contribution >= 0.6 is 0 Å². The number of rotatable bonds is 21. The van der Waals surface area contributed by atoms with Gasteiger partial charge in [0, 0.05) is 54.2 Å². The number of fused-ring (bicyclic) bond motifs is 20. The summed E-state index contributed by atoms with van der Waals surface area (Å²) in [5.74, 6) is -2.74. The molecule has 1 aliphatic heterocycles. The second kappa shape index (κ2) is 36.0. The first-order valence-electron chi connectivity index (χ1n) is 48.8. The summed E-state index contributed by atoms with van der Waals surface area (Å²) in [4.78, 5) is 55.7. The molecule has 758 valence electrons. The topological polar surface area (TPSA) is 361 Å². The molecule has 0 radical (unpaired) electrons. The second-order valence-corrected chi connectivity index (χ2v) is 44.7. The van der Waals surface area contributed by atoms with E-state index < -0.39 is 90.4 Å². The standard InChI is InChI=1S/C28H26F4N6O.C28H25F2N5O2.C27H26F2N6O2S.C26H23F2N5O/c1-26(2)17-7-8-28(26,24-16(17)9-20(37-38-24)23-18(29)5-4-6-19(23)30)22-12-33-11-21(36-22)25-35-15(13-39-25)10-34-14-27(3,31)32;1-26(2)16-7-8-28(26,24-15(16)9-19(34-35-24)23-17(29)5-4-6-18(23)30)21-11-31-10-20(32-21)25-33-22(12-37-25)27(3)13-36-14-27;1-26(2)17-8-9-27(26,24-16(17)10-20(34-35-24)23-18(28)6-5-7-19(23)29)22-13-30-12-21(33-22)25-32-15(14-37-25)11-31-38(3,4)36;1-4-14-13-34-24(30-14)20-11-29-12-21(31-20)26-9-8-16(25(26,2)3)15-10-19(32-33-23(15)26)22-17(27)6-5-7-18(22)28/h4-6,9,11-13,17,34H,7-8,10,14H2,1-3H3;4-6,9-12,16H,7-8,13-14H2,1-3H3;5-7,10,12-14,17H,3,8-9,11H2,1-2,4H3,(H,31,36);5-7,10-13,16H,4,8-9H2,1-3H3/t17-,28-;16-,28-;17-,27-,38?;16-,26-/m0000/s1. The van der Waals surface area contributed by atoms with Gasteiger partial charge in [0.2, 0.25) is 23.6 Å². The molecule has 0 amide bonds. The molecule has 8 bridgehead atoms. The Labute approximate surface area is 843 Å². The van der Waals surface area contributed by atoms with Gasteiger partial charge in [-0.2, -0.15) is 20.4 Å². The minimum absolute atomic E-state index is 0.0816. The largest absolute Gasteiger partial charge is 0.443 e. The third kappa shape index (κ3) is 15.6. The molecule has 9 atom stereocenters. The summed E-state index contributed by atoms with van der Waals surface area (Å²) >= 11 is 0. The van der Waals surface area contributed by atoms with Crippen molar-refractivity contribution in [3.63, 3.8) is 0 Å². The number of benzene rings is 4. The molecule has 0 spiro atoms. The van der Waals surface area contributed by atoms with Crippen molar-refractivity contribution in [1.82, 2.24) is 111 Å². The highest BCUT2D eigenvalue weighted by molar-refractivity contribution is 7.97. The minimum Gasteiger partial charge on any atom is -0.443 e. The summed E-state index contributed by atoms with van der Waals surface area (Å²) in [5.41, 5.74) is 11.0. The van der Waals surface area contributed by atoms with Gasteiger partial charge in [0.05, 0.1) is 192 Å². The third-order valence-corrected chi connectivity index (χ3v) is 33.6. The Morgan fingerprint density at radius 1 is 0.372 bits per heavy atom. The molecule has 2 N–H and O–H groups in total. The fourth-order valence-corrected chi connectivity index (χ4v) is 25.6. The smallest absolute Gasteiger partial charge is 0.257 e. The molecule has 1 saturated heterocycles. The summed E-state index contributed by atoms with van der Waals surface area (Å²) in [6, 6.07) is 22.2. The molecule has 8 aliphatic carbocycles. The average molecular weight is 2040 g/mol. The summed E-state index contributed by atoms with van der Waals surface area (Å²) in [6.07, 6.45) is 28.6. The lowest BCUT2D eigenvalue weighted by molar-refractivity contribution is -0.0521. The molecule has 5 fully saturated rings. The first kappa shape index (κ1) is 98.2. The number of hydrogen-bond donors (Lipinski definition) is 2. The maximum absolute atomic E-state index is 14.5. The quantitative estimate of drug-likeness (QED) is 0.0498. The van der Waals surface area contributed by atoms with Gasteiger partial charge in [-0.05, 0) is 211 Å². The van der Waals surface area contributed by atoms with E-state index >= 15 is 0 Å². The number of nitrogens with zero attached hydrogens (tertiary/aromatic N) is 20. The molecule has 28 nitrogen and oxygen atoms in total. The van der Waals surface area contributed by atoms with Crippen molar-refractivity contribution >= 4 is 15.6 Å². The molecule has 25 rings (SSSR count). The van der Waals surface area contributed by atoms with Crippen LogP contribution in [0.2, 0.25) is 0 Å². The van der Waals surface area contributed by atoms with Gasteiger partial charge < -0.3 is 27.7 Å². The maximum Gasteiger partial charge on any atom is 0.257 e. The van der Waals surface area contributed by atoms with Crippen molar-refractivity contribution in [3.05, 3.63) is 309 Å². The molecule has 16 aromatic rings. The van der Waals surface area contributed by atoms with Crippen molar-refractivity contribution in [2.24, 2.45) is 21.7 Å². The summed E-state index contributed by atoms with van der Waals surface area (Å²) in [6.45, 7) is 23.5. The van der Waals surface area contributed by atoms with Crippen LogP contribution in [0.1, 0.15) is 242 Å². The van der Waals surface area contributed by atoms with Crippen molar-refractivity contribution in [2.75, 3.05) is 26.0 Å². The normalized spacial score (nSPS) is 22.7. The van der Waals surface area contributed by atoms with Crippen molar-refractivity contribution in [3.8, 4) is 91.4 Å². The second-order valence-electron chi connectivity index (χ2n) is 42.4. The molecule has 148 heavy (non-hydrogen) atoms. The van der Waals surface area contributed by atoms with Crippen LogP contribution in [-0.4, -0.2) is 143 Å². The lowest BCUT2D eigenvalue weighted by atomic mass is 9.66. The van der Waals surface area contributed by atoms with Crippen molar-refractivity contribution in [2.45, 2.75) is 204 Å². The molecular formula is C109H100F10N22O6S. The fourth-order valence-electron chi connectivity index (χ4n) is 25.2. The van der Waals surface area contributed by atoms with Crippen LogP contribution in [0.25, 0.3) is 91.4 Å². The lowest BCUT2D eigenvalue weighted by Crippen LogP contribution is -2.44. The highest BCUT2D eigenvalue weighted by atomic mass is 32.2. The number of ether oxygens (including phenoxy) is 1. The number of aromatic nitrogens is 20. The van der Waals surface area contributed by atoms with Crippen LogP contribution in [0.4, 0.5) is 43.9 Å². The third-order valence-electron chi connectivity index (χ3n) is 32.8. The zero-order valence-electron chi connectivity index (χ0n) is 82.7. The Kier molecular flexibility index (Phi) is 23.9. The number of hydrogen-bond acceptors (Lipinski definition) is 27. The fraction of sp³-hybridized carbons (Fsp3) is 0.367. The van der Waals surface area contributed by atoms with Gasteiger partial charge in [-0.1, -0.05) is 86.6 Å². The average Bonchev–Trinajstić information content (AvgIpc) is 1.53. The van der Waals surface area contributed by atoms with E-state index in [0.717, 1.165) is 133 Å². The minimum atomic E-state index is -2.83. The van der Waals surface area contributed by atoms with E-state index in [9.17, 15) is 48.1 Å². The van der Waals surface area contributed by atoms with Crippen molar-refractivity contribution in [1.29, 1.82) is 0 Å². The Bertz CT molecular complexity index is 8030. The molecule has 9 aliphatic rings. The SMILES string of the molecule is C=S(C)(=O)NCc1coc(-c2cncc([C@@]34CC[C@@H](c5cc(-c6c(F)cccc6F)nnc53)C4(C)C)n2)n1.CC(F)(F)CNCc1coc(-c2cncc([C@@]34CC[C@@H](c5cc(-c6c(F)cccc6F)nnc53)C4(C)C)n2)n1.CC1(c2coc(-c3cncc([C@@]45CC[C@@H](c6cc(-c7c(F)cccc7F)nnc64)C5(C)C)n3)n2)COC1.CCc1coc(-c2cncc([C@@]34CC[C@@H](c5cc(-c6c(F)cccc6F)nnc53)C4(C)C)n2)n1. The van der Waals surface area contributed by atoms with Crippen molar-refractivity contribution < 1.29 is 70.5 Å². The van der Waals surface area contributed by atoms with Crippen LogP contribution in [0.5, 0.6) is 0 Å². The van der Waals surface area contributed by atoms with Crippen LogP contribution in [0.15, 0.2) is 189 Å². The van der Waals surface area contributed by atoms with E-state index in [1.165, 1.54) is 97.8 Å². The summed E-state index contributed by atoms with van der Waals surface area (Å²) in [7, 11) is -2.38. The predicted molar refractivity (Wildman–Crippen MR) is 524 cm³/mol. The van der Waals surface area contributed by atoms with Crippen LogP contribution in [0, 0.1) is 68.2 Å². The van der Waals surface area contributed by atoms with E-state index in [4.69, 9.17) is 47.3 Å². The summed E-state index contributed by atoms with van der Waals surface area (Å²) < 4.78 is 185. The van der Waals surface area contributed by atoms with Gasteiger partial charge in [-0.3, -0.25) is 24.1 Å². The molecule has 12 aromatic heterocycles. The van der Waals surface area contributed by atoms with Gasteiger partial charge in [0.1, 0.15) is 94.4 Å². The van der Waals surface area contributed by atoms with E-state index in [2.05, 4.69) is 154 Å². The first-order valence-corrected chi connectivity index (χ1v) is 50.9. The van der Waals surface area contributed by atoms with Crippen LogP contribution < -0.4 is 10.0 Å². The van der Waals surface area contributed by atoms with Gasteiger partial charge in [-0.15, -0.1) is 20.4 Å². The number of aryl methyl sites for hydroxylation is 1. The lowest BCUT2D eigenvalue weighted by Gasteiger charge is -2.37. The van der Waals surface area contributed by atoms with E-state index in [-0.39, 0.29) is 115 Å². The molecule has 1 unspecified atom stereocenters.